The molecule has 3 heteroatoms. The quantitative estimate of drug-likeness (QED) is 0.664. The molecule has 0 radical (unpaired) electrons. The van der Waals surface area contributed by atoms with Crippen molar-refractivity contribution in [3.8, 4) is 6.07 Å². The number of hydrogen-bond donors (Lipinski definition) is 1. The van der Waals surface area contributed by atoms with E-state index in [0.717, 1.165) is 37.9 Å². The lowest BCUT2D eigenvalue weighted by Gasteiger charge is -2.45. The van der Waals surface area contributed by atoms with Crippen molar-refractivity contribution < 1.29 is 0 Å². The van der Waals surface area contributed by atoms with Gasteiger partial charge in [-0.2, -0.15) is 5.26 Å². The lowest BCUT2D eigenvalue weighted by Crippen LogP contribution is -2.49. The van der Waals surface area contributed by atoms with Gasteiger partial charge in [-0.1, -0.05) is 54.6 Å². The number of anilines is 1. The molecule has 0 saturated carbocycles. The molecular weight excluding hydrogens is 342 g/mol. The van der Waals surface area contributed by atoms with Crippen LogP contribution in [0.5, 0.6) is 0 Å². The van der Waals surface area contributed by atoms with Crippen LogP contribution in [0.15, 0.2) is 66.7 Å². The van der Waals surface area contributed by atoms with Gasteiger partial charge in [-0.25, -0.2) is 0 Å². The first kappa shape index (κ1) is 17.3. The molecule has 1 heterocycles. The molecule has 0 bridgehead atoms. The van der Waals surface area contributed by atoms with Gasteiger partial charge in [-0.05, 0) is 59.7 Å². The van der Waals surface area contributed by atoms with Gasteiger partial charge in [0, 0.05) is 18.3 Å². The Morgan fingerprint density at radius 2 is 1.75 bits per heavy atom. The predicted molar refractivity (Wildman–Crippen MR) is 114 cm³/mol. The van der Waals surface area contributed by atoms with E-state index in [4.69, 9.17) is 0 Å². The van der Waals surface area contributed by atoms with E-state index in [0.29, 0.717) is 6.04 Å². The van der Waals surface area contributed by atoms with E-state index >= 15 is 0 Å². The highest BCUT2D eigenvalue weighted by molar-refractivity contribution is 5.90. The third kappa shape index (κ3) is 3.04. The van der Waals surface area contributed by atoms with Crippen LogP contribution in [0.2, 0.25) is 0 Å². The van der Waals surface area contributed by atoms with Gasteiger partial charge >= 0.3 is 0 Å². The minimum Gasteiger partial charge on any atom is -0.370 e. The fourth-order valence-corrected chi connectivity index (χ4v) is 5.07. The summed E-state index contributed by atoms with van der Waals surface area (Å²) >= 11 is 0. The molecule has 3 nitrogen and oxygen atoms in total. The number of rotatable bonds is 3. The Labute approximate surface area is 166 Å². The van der Waals surface area contributed by atoms with Gasteiger partial charge in [0.1, 0.15) is 0 Å². The van der Waals surface area contributed by atoms with Crippen molar-refractivity contribution in [2.75, 3.05) is 11.9 Å². The Morgan fingerprint density at radius 1 is 0.929 bits per heavy atom. The molecule has 140 valence electrons. The van der Waals surface area contributed by atoms with Crippen LogP contribution < -0.4 is 5.32 Å². The zero-order valence-corrected chi connectivity index (χ0v) is 16.0. The number of nitriles is 1. The highest BCUT2D eigenvalue weighted by atomic mass is 15.3. The zero-order valence-electron chi connectivity index (χ0n) is 16.0. The van der Waals surface area contributed by atoms with Crippen molar-refractivity contribution in [3.63, 3.8) is 0 Å². The van der Waals surface area contributed by atoms with Crippen molar-refractivity contribution in [2.24, 2.45) is 5.92 Å². The molecule has 2 aliphatic rings. The second-order valence-electron chi connectivity index (χ2n) is 8.03. The van der Waals surface area contributed by atoms with Crippen molar-refractivity contribution in [3.05, 3.63) is 77.9 Å². The zero-order chi connectivity index (χ0) is 18.9. The highest BCUT2D eigenvalue weighted by Gasteiger charge is 2.35. The molecule has 1 N–H and O–H groups in total. The second kappa shape index (κ2) is 7.30. The lowest BCUT2D eigenvalue weighted by atomic mass is 9.83. The summed E-state index contributed by atoms with van der Waals surface area (Å²) in [7, 11) is 0. The number of nitrogens with zero attached hydrogens (tertiary/aromatic N) is 2. The van der Waals surface area contributed by atoms with E-state index in [1.54, 1.807) is 0 Å². The van der Waals surface area contributed by atoms with Gasteiger partial charge in [-0.3, -0.25) is 4.90 Å². The van der Waals surface area contributed by atoms with E-state index in [9.17, 15) is 5.26 Å². The maximum atomic E-state index is 9.53. The van der Waals surface area contributed by atoms with E-state index in [1.165, 1.54) is 21.9 Å². The maximum absolute atomic E-state index is 9.53. The number of para-hydroxylation sites is 1. The first-order chi connectivity index (χ1) is 13.8. The first-order valence-corrected chi connectivity index (χ1v) is 10.3. The van der Waals surface area contributed by atoms with Gasteiger partial charge in [0.2, 0.25) is 0 Å². The molecule has 5 rings (SSSR count). The van der Waals surface area contributed by atoms with Gasteiger partial charge in [-0.15, -0.1) is 0 Å². The van der Waals surface area contributed by atoms with Crippen molar-refractivity contribution in [1.29, 1.82) is 5.26 Å². The largest absolute Gasteiger partial charge is 0.370 e. The van der Waals surface area contributed by atoms with Crippen LogP contribution >= 0.6 is 0 Å². The smallest absolute Gasteiger partial charge is 0.0810 e. The third-order valence-electron chi connectivity index (χ3n) is 6.40. The Kier molecular flexibility index (Phi) is 4.50. The van der Waals surface area contributed by atoms with Crippen LogP contribution in [-0.4, -0.2) is 17.6 Å². The minimum atomic E-state index is 0.129. The Bertz CT molecular complexity index is 1020. The monoisotopic (exact) mass is 367 g/mol. The molecule has 28 heavy (non-hydrogen) atoms. The van der Waals surface area contributed by atoms with Crippen LogP contribution in [0, 0.1) is 17.2 Å². The summed E-state index contributed by atoms with van der Waals surface area (Å²) < 4.78 is 0. The molecular formula is C25H25N3. The van der Waals surface area contributed by atoms with E-state index < -0.39 is 0 Å². The Hall–Kier alpha value is -2.83. The summed E-state index contributed by atoms with van der Waals surface area (Å²) in [6.07, 6.45) is 4.28. The number of piperidine rings is 1. The van der Waals surface area contributed by atoms with E-state index in [-0.39, 0.29) is 12.1 Å². The van der Waals surface area contributed by atoms with Crippen LogP contribution in [0.25, 0.3) is 10.8 Å². The Morgan fingerprint density at radius 3 is 2.57 bits per heavy atom. The molecule has 3 unspecified atom stereocenters. The highest BCUT2D eigenvalue weighted by Crippen LogP contribution is 2.41. The van der Waals surface area contributed by atoms with Crippen LogP contribution in [0.3, 0.4) is 0 Å². The molecule has 0 aromatic heterocycles. The molecule has 1 saturated heterocycles. The van der Waals surface area contributed by atoms with Gasteiger partial charge in [0.15, 0.2) is 0 Å². The SMILES string of the molecule is N#CC1CCN(C2CCc3cccc4cccc2c34)C(Nc2ccccc2)C1. The minimum absolute atomic E-state index is 0.129. The fraction of sp³-hybridized carbons (Fsp3) is 0.320. The summed E-state index contributed by atoms with van der Waals surface area (Å²) in [5, 5.41) is 16.0. The van der Waals surface area contributed by atoms with Crippen LogP contribution in [0.4, 0.5) is 5.69 Å². The topological polar surface area (TPSA) is 39.1 Å². The second-order valence-corrected chi connectivity index (χ2v) is 8.03. The lowest BCUT2D eigenvalue weighted by molar-refractivity contribution is 0.0891. The van der Waals surface area contributed by atoms with Gasteiger partial charge in [0.05, 0.1) is 18.2 Å². The van der Waals surface area contributed by atoms with Gasteiger partial charge < -0.3 is 5.32 Å². The molecule has 1 aliphatic heterocycles. The standard InChI is InChI=1S/C25H25N3/c26-17-18-14-15-28(24(16-18)27-21-9-2-1-3-10-21)23-13-12-20-7-4-6-19-8-5-11-22(23)25(19)20/h1-11,18,23-24,27H,12-16H2. The summed E-state index contributed by atoms with van der Waals surface area (Å²) in [5.74, 6) is 0.129. The number of hydrogen-bond acceptors (Lipinski definition) is 3. The van der Waals surface area contributed by atoms with Crippen LogP contribution in [-0.2, 0) is 6.42 Å². The van der Waals surface area contributed by atoms with Gasteiger partial charge in [0.25, 0.3) is 0 Å². The van der Waals surface area contributed by atoms with Crippen molar-refractivity contribution in [1.82, 2.24) is 4.90 Å². The van der Waals surface area contributed by atoms with E-state index in [1.807, 2.05) is 6.07 Å². The average Bonchev–Trinajstić information content (AvgIpc) is 2.75. The summed E-state index contributed by atoms with van der Waals surface area (Å²) in [6, 6.07) is 26.7. The normalized spacial score (nSPS) is 24.6. The fourth-order valence-electron chi connectivity index (χ4n) is 5.07. The summed E-state index contributed by atoms with van der Waals surface area (Å²) in [5.41, 5.74) is 4.06. The maximum Gasteiger partial charge on any atom is 0.0810 e. The molecule has 0 spiro atoms. The first-order valence-electron chi connectivity index (χ1n) is 10.3. The van der Waals surface area contributed by atoms with Crippen molar-refractivity contribution >= 4 is 16.5 Å². The Balaban J connectivity index is 1.52. The van der Waals surface area contributed by atoms with Crippen molar-refractivity contribution in [2.45, 2.75) is 37.9 Å². The van der Waals surface area contributed by atoms with E-state index in [2.05, 4.69) is 76.9 Å². The summed E-state index contributed by atoms with van der Waals surface area (Å²) in [4.78, 5) is 2.62. The molecule has 0 amide bonds. The molecule has 1 fully saturated rings. The number of likely N-dealkylation sites (tertiary alicyclic amines) is 1. The number of benzene rings is 3. The third-order valence-corrected chi connectivity index (χ3v) is 6.40. The average molecular weight is 367 g/mol. The number of aryl methyl sites for hydroxylation is 1. The molecule has 3 aromatic carbocycles. The molecule has 3 atom stereocenters. The predicted octanol–water partition coefficient (Wildman–Crippen LogP) is 5.50. The molecule has 1 aliphatic carbocycles. The summed E-state index contributed by atoms with van der Waals surface area (Å²) in [6.45, 7) is 0.964. The molecule has 3 aromatic rings. The number of nitrogens with one attached hydrogen (secondary N) is 1. The van der Waals surface area contributed by atoms with Crippen LogP contribution in [0.1, 0.15) is 36.4 Å².